The maximum atomic E-state index is 2.25. The minimum atomic E-state index is 1.35. The van der Waals surface area contributed by atoms with Crippen LogP contribution in [0.5, 0.6) is 0 Å². The molecule has 0 saturated heterocycles. The molecule has 0 fully saturated rings. The standard InChI is InChI=1S/C20H12S/c1-3-9-15-13(7-1)14-8-2-4-10-16(14)20-19(15)17-11-5-6-12-18(17)21-20/h1-12H. The normalized spacial score (nSPS) is 11.8. The molecule has 0 spiro atoms. The van der Waals surface area contributed by atoms with Crippen LogP contribution in [0.15, 0.2) is 72.8 Å². The lowest BCUT2D eigenvalue weighted by Gasteiger charge is -2.06. The Morgan fingerprint density at radius 2 is 1.00 bits per heavy atom. The molecule has 21 heavy (non-hydrogen) atoms. The predicted molar refractivity (Wildman–Crippen MR) is 94.3 cm³/mol. The minimum Gasteiger partial charge on any atom is -0.135 e. The molecule has 0 radical (unpaired) electrons. The van der Waals surface area contributed by atoms with Crippen molar-refractivity contribution >= 4 is 53.1 Å². The van der Waals surface area contributed by atoms with Gasteiger partial charge in [0.2, 0.25) is 0 Å². The molecule has 98 valence electrons. The van der Waals surface area contributed by atoms with E-state index in [0.29, 0.717) is 0 Å². The lowest BCUT2D eigenvalue weighted by Crippen LogP contribution is -1.79. The minimum absolute atomic E-state index is 1.35. The van der Waals surface area contributed by atoms with E-state index < -0.39 is 0 Å². The van der Waals surface area contributed by atoms with Gasteiger partial charge in [-0.05, 0) is 22.2 Å². The van der Waals surface area contributed by atoms with E-state index in [1.165, 1.54) is 41.7 Å². The van der Waals surface area contributed by atoms with E-state index in [2.05, 4.69) is 72.8 Å². The van der Waals surface area contributed by atoms with Gasteiger partial charge in [-0.15, -0.1) is 11.3 Å². The summed E-state index contributed by atoms with van der Waals surface area (Å²) in [4.78, 5) is 0. The summed E-state index contributed by atoms with van der Waals surface area (Å²) in [6.07, 6.45) is 0. The summed E-state index contributed by atoms with van der Waals surface area (Å²) in [6, 6.07) is 26.3. The fraction of sp³-hybridized carbons (Fsp3) is 0. The smallest absolute Gasteiger partial charge is 0.0440 e. The van der Waals surface area contributed by atoms with Gasteiger partial charge in [0.25, 0.3) is 0 Å². The second-order valence-corrected chi connectivity index (χ2v) is 6.45. The summed E-state index contributed by atoms with van der Waals surface area (Å²) in [7, 11) is 0. The van der Waals surface area contributed by atoms with E-state index in [4.69, 9.17) is 0 Å². The zero-order valence-corrected chi connectivity index (χ0v) is 12.2. The first-order chi connectivity index (χ1) is 10.4. The third kappa shape index (κ3) is 1.44. The summed E-state index contributed by atoms with van der Waals surface area (Å²) >= 11 is 1.91. The van der Waals surface area contributed by atoms with Crippen LogP contribution in [-0.4, -0.2) is 0 Å². The van der Waals surface area contributed by atoms with Crippen molar-refractivity contribution in [3.05, 3.63) is 72.8 Å². The van der Waals surface area contributed by atoms with Gasteiger partial charge < -0.3 is 0 Å². The molecule has 0 aliphatic heterocycles. The second kappa shape index (κ2) is 4.06. The Morgan fingerprint density at radius 1 is 0.476 bits per heavy atom. The first kappa shape index (κ1) is 11.3. The van der Waals surface area contributed by atoms with Crippen LogP contribution < -0.4 is 0 Å². The van der Waals surface area contributed by atoms with E-state index in [9.17, 15) is 0 Å². The highest BCUT2D eigenvalue weighted by atomic mass is 32.1. The molecule has 5 aromatic rings. The number of benzene rings is 4. The Bertz CT molecular complexity index is 1130. The highest BCUT2D eigenvalue weighted by Crippen LogP contribution is 2.43. The first-order valence-corrected chi connectivity index (χ1v) is 7.96. The van der Waals surface area contributed by atoms with Gasteiger partial charge >= 0.3 is 0 Å². The molecule has 0 nitrogen and oxygen atoms in total. The largest absolute Gasteiger partial charge is 0.135 e. The maximum Gasteiger partial charge on any atom is 0.0440 e. The quantitative estimate of drug-likeness (QED) is 0.290. The maximum absolute atomic E-state index is 2.25. The molecular formula is C20H12S. The third-order valence-electron chi connectivity index (χ3n) is 4.25. The molecule has 4 aromatic carbocycles. The first-order valence-electron chi connectivity index (χ1n) is 7.14. The van der Waals surface area contributed by atoms with E-state index in [1.54, 1.807) is 0 Å². The Hall–Kier alpha value is -2.38. The molecule has 0 N–H and O–H groups in total. The molecule has 0 saturated carbocycles. The number of fused-ring (bicyclic) bond motifs is 8. The van der Waals surface area contributed by atoms with Crippen LogP contribution in [0.1, 0.15) is 0 Å². The molecule has 1 aromatic heterocycles. The summed E-state index contributed by atoms with van der Waals surface area (Å²) in [5, 5.41) is 8.22. The topological polar surface area (TPSA) is 0 Å². The van der Waals surface area contributed by atoms with Crippen molar-refractivity contribution < 1.29 is 0 Å². The average Bonchev–Trinajstić information content (AvgIpc) is 2.95. The van der Waals surface area contributed by atoms with Crippen LogP contribution in [-0.2, 0) is 0 Å². The van der Waals surface area contributed by atoms with Crippen molar-refractivity contribution in [2.24, 2.45) is 0 Å². The lowest BCUT2D eigenvalue weighted by atomic mass is 9.97. The SMILES string of the molecule is c1ccc2c(c1)sc1c3ccccc3c3ccccc3c21. The molecular weight excluding hydrogens is 272 g/mol. The fourth-order valence-electron chi connectivity index (χ4n) is 3.35. The molecule has 5 rings (SSSR count). The van der Waals surface area contributed by atoms with E-state index in [0.717, 1.165) is 0 Å². The van der Waals surface area contributed by atoms with Crippen LogP contribution in [0.4, 0.5) is 0 Å². The van der Waals surface area contributed by atoms with Crippen molar-refractivity contribution in [2.75, 3.05) is 0 Å². The van der Waals surface area contributed by atoms with Crippen molar-refractivity contribution in [3.63, 3.8) is 0 Å². The van der Waals surface area contributed by atoms with Gasteiger partial charge in [-0.2, -0.15) is 0 Å². The van der Waals surface area contributed by atoms with Crippen molar-refractivity contribution in [1.29, 1.82) is 0 Å². The van der Waals surface area contributed by atoms with Gasteiger partial charge in [0.05, 0.1) is 0 Å². The Balaban J connectivity index is 2.25. The molecule has 0 amide bonds. The Morgan fingerprint density at radius 3 is 1.76 bits per heavy atom. The van der Waals surface area contributed by atoms with E-state index >= 15 is 0 Å². The molecule has 1 heteroatoms. The van der Waals surface area contributed by atoms with Crippen molar-refractivity contribution in [2.45, 2.75) is 0 Å². The molecule has 0 bridgehead atoms. The predicted octanol–water partition coefficient (Wildman–Crippen LogP) is 6.36. The fourth-order valence-corrected chi connectivity index (χ4v) is 4.61. The Labute approximate surface area is 126 Å². The van der Waals surface area contributed by atoms with E-state index in [-0.39, 0.29) is 0 Å². The molecule has 0 aliphatic rings. The summed E-state index contributed by atoms with van der Waals surface area (Å²) < 4.78 is 2.78. The van der Waals surface area contributed by atoms with Gasteiger partial charge in [-0.3, -0.25) is 0 Å². The van der Waals surface area contributed by atoms with Gasteiger partial charge in [0, 0.05) is 25.6 Å². The molecule has 0 atom stereocenters. The average molecular weight is 284 g/mol. The van der Waals surface area contributed by atoms with Crippen molar-refractivity contribution in [1.82, 2.24) is 0 Å². The van der Waals surface area contributed by atoms with Crippen LogP contribution in [0.2, 0.25) is 0 Å². The summed E-state index contributed by atoms with van der Waals surface area (Å²) in [5.74, 6) is 0. The lowest BCUT2D eigenvalue weighted by molar-refractivity contribution is 1.81. The highest BCUT2D eigenvalue weighted by Gasteiger charge is 2.12. The number of hydrogen-bond acceptors (Lipinski definition) is 1. The zero-order chi connectivity index (χ0) is 13.8. The molecule has 0 aliphatic carbocycles. The zero-order valence-electron chi connectivity index (χ0n) is 11.3. The van der Waals surface area contributed by atoms with Crippen LogP contribution >= 0.6 is 11.3 Å². The number of hydrogen-bond donors (Lipinski definition) is 0. The monoisotopic (exact) mass is 284 g/mol. The summed E-state index contributed by atoms with van der Waals surface area (Å²) in [5.41, 5.74) is 0. The van der Waals surface area contributed by atoms with Crippen LogP contribution in [0.3, 0.4) is 0 Å². The molecule has 1 heterocycles. The van der Waals surface area contributed by atoms with Crippen LogP contribution in [0.25, 0.3) is 41.7 Å². The third-order valence-corrected chi connectivity index (χ3v) is 5.46. The van der Waals surface area contributed by atoms with Gasteiger partial charge in [-0.1, -0.05) is 66.7 Å². The van der Waals surface area contributed by atoms with Gasteiger partial charge in [0.15, 0.2) is 0 Å². The van der Waals surface area contributed by atoms with Gasteiger partial charge in [-0.25, -0.2) is 0 Å². The van der Waals surface area contributed by atoms with Crippen molar-refractivity contribution in [3.8, 4) is 0 Å². The van der Waals surface area contributed by atoms with Gasteiger partial charge in [0.1, 0.15) is 0 Å². The summed E-state index contributed by atoms with van der Waals surface area (Å²) in [6.45, 7) is 0. The number of thiophene rings is 1. The van der Waals surface area contributed by atoms with E-state index in [1.807, 2.05) is 11.3 Å². The number of rotatable bonds is 0. The van der Waals surface area contributed by atoms with Crippen LogP contribution in [0, 0.1) is 0 Å². The molecule has 0 unspecified atom stereocenters. The second-order valence-electron chi connectivity index (χ2n) is 5.39. The Kier molecular flexibility index (Phi) is 2.18. The highest BCUT2D eigenvalue weighted by molar-refractivity contribution is 7.27.